The van der Waals surface area contributed by atoms with Gasteiger partial charge in [-0.3, -0.25) is 4.98 Å². The molecule has 0 N–H and O–H groups in total. The van der Waals surface area contributed by atoms with Crippen LogP contribution in [-0.4, -0.2) is 35.8 Å². The van der Waals surface area contributed by atoms with Gasteiger partial charge in [-0.05, 0) is 79.4 Å². The predicted molar refractivity (Wildman–Crippen MR) is 136 cm³/mol. The molecule has 1 fully saturated rings. The van der Waals surface area contributed by atoms with Gasteiger partial charge in [-0.2, -0.15) is 17.5 Å². The molecule has 0 radical (unpaired) electrons. The molecule has 1 saturated heterocycles. The van der Waals surface area contributed by atoms with Crippen molar-refractivity contribution in [3.63, 3.8) is 0 Å². The predicted octanol–water partition coefficient (Wildman–Crippen LogP) is 6.59. The molecular weight excluding hydrogens is 499 g/mol. The summed E-state index contributed by atoms with van der Waals surface area (Å²) in [6, 6.07) is 20.8. The average molecular weight is 524 g/mol. The van der Waals surface area contributed by atoms with E-state index in [0.29, 0.717) is 47.0 Å². The summed E-state index contributed by atoms with van der Waals surface area (Å²) in [5.74, 6) is 0. The molecule has 4 aromatic rings. The molecule has 0 aliphatic carbocycles. The van der Waals surface area contributed by atoms with Crippen LogP contribution in [0.3, 0.4) is 0 Å². The zero-order valence-electron chi connectivity index (χ0n) is 20.0. The highest BCUT2D eigenvalue weighted by Gasteiger charge is 2.30. The number of hydrogen-bond donors (Lipinski definition) is 0. The number of pyridine rings is 2. The van der Waals surface area contributed by atoms with Crippen molar-refractivity contribution in [3.05, 3.63) is 90.1 Å². The molecule has 1 aliphatic rings. The minimum Gasteiger partial charge on any atom is -0.251 e. The van der Waals surface area contributed by atoms with Crippen LogP contribution in [0.1, 0.15) is 24.1 Å². The molecule has 5 rings (SSSR count). The smallest absolute Gasteiger partial charge is 0.251 e. The maximum atomic E-state index is 13.0. The van der Waals surface area contributed by atoms with Crippen molar-refractivity contribution in [1.29, 1.82) is 0 Å². The van der Waals surface area contributed by atoms with E-state index in [1.807, 2.05) is 25.1 Å². The summed E-state index contributed by atoms with van der Waals surface area (Å²) in [5.41, 5.74) is 3.75. The Morgan fingerprint density at radius 1 is 0.730 bits per heavy atom. The zero-order chi connectivity index (χ0) is 26.2. The Hall–Kier alpha value is -3.56. The maximum Gasteiger partial charge on any atom is 0.416 e. The van der Waals surface area contributed by atoms with Crippen molar-refractivity contribution in [2.45, 2.75) is 30.8 Å². The van der Waals surface area contributed by atoms with Crippen molar-refractivity contribution in [3.8, 4) is 33.8 Å². The van der Waals surface area contributed by atoms with Gasteiger partial charge in [-0.25, -0.2) is 13.4 Å². The van der Waals surface area contributed by atoms with Crippen molar-refractivity contribution in [2.24, 2.45) is 0 Å². The lowest BCUT2D eigenvalue weighted by Crippen LogP contribution is -2.27. The van der Waals surface area contributed by atoms with Gasteiger partial charge in [0.25, 0.3) is 0 Å². The second kappa shape index (κ2) is 9.72. The number of aromatic nitrogens is 2. The first-order chi connectivity index (χ1) is 17.6. The third kappa shape index (κ3) is 5.28. The number of hydrogen-bond acceptors (Lipinski definition) is 4. The number of rotatable bonds is 5. The second-order valence-electron chi connectivity index (χ2n) is 9.00. The Bertz CT molecular complexity index is 1550. The van der Waals surface area contributed by atoms with Crippen molar-refractivity contribution in [1.82, 2.24) is 14.3 Å². The van der Waals surface area contributed by atoms with Crippen molar-refractivity contribution in [2.75, 3.05) is 13.1 Å². The third-order valence-corrected chi connectivity index (χ3v) is 8.24. The van der Waals surface area contributed by atoms with E-state index in [-0.39, 0.29) is 4.90 Å². The molecule has 5 nitrogen and oxygen atoms in total. The Balaban J connectivity index is 1.48. The molecular formula is C28H24F3N3O2S. The van der Waals surface area contributed by atoms with Gasteiger partial charge in [0.05, 0.1) is 27.5 Å². The quantitative estimate of drug-likeness (QED) is 0.296. The van der Waals surface area contributed by atoms with Gasteiger partial charge in [0.1, 0.15) is 0 Å². The van der Waals surface area contributed by atoms with Gasteiger partial charge in [0.15, 0.2) is 0 Å². The van der Waals surface area contributed by atoms with Crippen LogP contribution >= 0.6 is 0 Å². The SMILES string of the molecule is Cc1cc(-c2ccc(C(F)(F)F)cc2)cc(-c2cccc(-c3cccc(S(=O)(=O)N4CCCC4)c3)n2)n1. The van der Waals surface area contributed by atoms with E-state index in [9.17, 15) is 21.6 Å². The molecule has 0 spiro atoms. The van der Waals surface area contributed by atoms with Crippen LogP contribution in [0.15, 0.2) is 83.8 Å². The van der Waals surface area contributed by atoms with Gasteiger partial charge in [-0.15, -0.1) is 0 Å². The highest BCUT2D eigenvalue weighted by Crippen LogP contribution is 2.32. The van der Waals surface area contributed by atoms with E-state index in [1.165, 1.54) is 16.4 Å². The van der Waals surface area contributed by atoms with E-state index in [1.54, 1.807) is 36.4 Å². The Morgan fingerprint density at radius 3 is 2.11 bits per heavy atom. The summed E-state index contributed by atoms with van der Waals surface area (Å²) < 4.78 is 66.5. The first kappa shape index (κ1) is 25.1. The molecule has 0 amide bonds. The summed E-state index contributed by atoms with van der Waals surface area (Å²) in [6.07, 6.45) is -2.67. The van der Waals surface area contributed by atoms with E-state index >= 15 is 0 Å². The fraction of sp³-hybridized carbons (Fsp3) is 0.214. The van der Waals surface area contributed by atoms with Gasteiger partial charge >= 0.3 is 6.18 Å². The lowest BCUT2D eigenvalue weighted by Gasteiger charge is -2.16. The summed E-state index contributed by atoms with van der Waals surface area (Å²) in [6.45, 7) is 2.87. The Labute approximate surface area is 213 Å². The number of halogens is 3. The summed E-state index contributed by atoms with van der Waals surface area (Å²) in [4.78, 5) is 9.56. The van der Waals surface area contributed by atoms with Crippen LogP contribution in [0.2, 0.25) is 0 Å². The first-order valence-corrected chi connectivity index (χ1v) is 13.3. The van der Waals surface area contributed by atoms with Crippen LogP contribution in [0.5, 0.6) is 0 Å². The van der Waals surface area contributed by atoms with Gasteiger partial charge in [0.2, 0.25) is 10.0 Å². The highest BCUT2D eigenvalue weighted by atomic mass is 32.2. The molecule has 0 saturated carbocycles. The average Bonchev–Trinajstić information content (AvgIpc) is 3.44. The molecule has 37 heavy (non-hydrogen) atoms. The molecule has 190 valence electrons. The summed E-state index contributed by atoms with van der Waals surface area (Å²) in [5, 5.41) is 0. The molecule has 0 atom stereocenters. The Morgan fingerprint density at radius 2 is 1.41 bits per heavy atom. The van der Waals surface area contributed by atoms with E-state index in [2.05, 4.69) is 4.98 Å². The van der Waals surface area contributed by atoms with E-state index in [4.69, 9.17) is 4.98 Å². The zero-order valence-corrected chi connectivity index (χ0v) is 20.9. The molecule has 0 bridgehead atoms. The number of alkyl halides is 3. The van der Waals surface area contributed by atoms with Crippen molar-refractivity contribution < 1.29 is 21.6 Å². The van der Waals surface area contributed by atoms with E-state index in [0.717, 1.165) is 30.5 Å². The van der Waals surface area contributed by atoms with Crippen LogP contribution in [0.25, 0.3) is 33.8 Å². The molecule has 0 unspecified atom stereocenters. The summed E-state index contributed by atoms with van der Waals surface area (Å²) >= 11 is 0. The molecule has 2 aromatic heterocycles. The van der Waals surface area contributed by atoms with Crippen molar-refractivity contribution >= 4 is 10.0 Å². The maximum absolute atomic E-state index is 13.0. The normalized spacial score (nSPS) is 14.7. The number of nitrogens with zero attached hydrogens (tertiary/aromatic N) is 3. The standard InChI is InChI=1S/C28H24F3N3O2S/c1-19-16-22(20-10-12-23(13-11-20)28(29,30)31)18-27(32-19)26-9-5-8-25(33-26)21-6-4-7-24(17-21)37(35,36)34-14-2-3-15-34/h4-13,16-18H,2-3,14-15H2,1H3. The van der Waals surface area contributed by atoms with Crippen LogP contribution < -0.4 is 0 Å². The molecule has 1 aliphatic heterocycles. The second-order valence-corrected chi connectivity index (χ2v) is 10.9. The highest BCUT2D eigenvalue weighted by molar-refractivity contribution is 7.89. The van der Waals surface area contributed by atoms with Crippen LogP contribution in [-0.2, 0) is 16.2 Å². The van der Waals surface area contributed by atoms with Gasteiger partial charge < -0.3 is 0 Å². The van der Waals surface area contributed by atoms with Gasteiger partial charge in [-0.1, -0.05) is 30.3 Å². The Kier molecular flexibility index (Phi) is 6.59. The topological polar surface area (TPSA) is 63.2 Å². The lowest BCUT2D eigenvalue weighted by atomic mass is 10.0. The van der Waals surface area contributed by atoms with Crippen LogP contribution in [0.4, 0.5) is 13.2 Å². The lowest BCUT2D eigenvalue weighted by molar-refractivity contribution is -0.137. The molecule has 3 heterocycles. The monoisotopic (exact) mass is 523 g/mol. The fourth-order valence-corrected chi connectivity index (χ4v) is 6.01. The number of aryl methyl sites for hydroxylation is 1. The first-order valence-electron chi connectivity index (χ1n) is 11.9. The molecule has 9 heteroatoms. The number of benzene rings is 2. The largest absolute Gasteiger partial charge is 0.416 e. The van der Waals surface area contributed by atoms with E-state index < -0.39 is 21.8 Å². The minimum atomic E-state index is -4.40. The van der Waals surface area contributed by atoms with Crippen LogP contribution in [0, 0.1) is 6.92 Å². The number of sulfonamides is 1. The van der Waals surface area contributed by atoms with Gasteiger partial charge in [0, 0.05) is 24.3 Å². The fourth-order valence-electron chi connectivity index (χ4n) is 4.45. The molecule has 2 aromatic carbocycles. The third-order valence-electron chi connectivity index (χ3n) is 6.34. The summed E-state index contributed by atoms with van der Waals surface area (Å²) in [7, 11) is -3.56. The minimum absolute atomic E-state index is 0.234.